The number of hydrogen-bond acceptors (Lipinski definition) is 4. The monoisotopic (exact) mass is 448 g/mol. The van der Waals surface area contributed by atoms with E-state index >= 15 is 0 Å². The van der Waals surface area contributed by atoms with E-state index in [2.05, 4.69) is 54.2 Å². The number of nitrogens with zero attached hydrogens (tertiary/aromatic N) is 4. The van der Waals surface area contributed by atoms with E-state index in [-0.39, 0.29) is 0 Å². The molecule has 0 bridgehead atoms. The van der Waals surface area contributed by atoms with Crippen molar-refractivity contribution < 1.29 is 13.6 Å². The van der Waals surface area contributed by atoms with Gasteiger partial charge in [-0.15, -0.1) is 10.2 Å². The van der Waals surface area contributed by atoms with E-state index in [1.807, 2.05) is 31.2 Å². The fraction of sp³-hybridized carbons (Fsp3) is 0.231. The van der Waals surface area contributed by atoms with Crippen LogP contribution in [0.25, 0.3) is 11.1 Å². The fourth-order valence-electron chi connectivity index (χ4n) is 3.10. The van der Waals surface area contributed by atoms with Gasteiger partial charge in [0.2, 0.25) is 5.78 Å². The fourth-order valence-corrected chi connectivity index (χ4v) is 3.10. The average molecular weight is 449 g/mol. The third-order valence-corrected chi connectivity index (χ3v) is 5.28. The van der Waals surface area contributed by atoms with E-state index in [4.69, 9.17) is 0 Å². The molecular weight excluding hydrogens is 422 g/mol. The number of aromatic nitrogens is 4. The molecule has 0 N–H and O–H groups in total. The number of carbonyl (C=O) groups is 1. The molecule has 2 aromatic heterocycles. The summed E-state index contributed by atoms with van der Waals surface area (Å²) in [6.45, 7) is 7.85. The molecule has 0 aliphatic rings. The molecule has 0 saturated carbocycles. The van der Waals surface area contributed by atoms with Crippen molar-refractivity contribution in [3.05, 3.63) is 101 Å². The smallest absolute Gasteiger partial charge is 0.312 e. The van der Waals surface area contributed by atoms with E-state index in [9.17, 15) is 13.6 Å². The van der Waals surface area contributed by atoms with E-state index in [0.29, 0.717) is 5.56 Å². The highest BCUT2D eigenvalue weighted by molar-refractivity contribution is 5.86. The lowest BCUT2D eigenvalue weighted by molar-refractivity contribution is -0.145. The molecule has 4 rings (SSSR count). The Labute approximate surface area is 192 Å². The van der Waals surface area contributed by atoms with Crippen molar-refractivity contribution in [2.75, 3.05) is 0 Å². The molecule has 33 heavy (non-hydrogen) atoms. The lowest BCUT2D eigenvalue weighted by Gasteiger charge is -2.15. The van der Waals surface area contributed by atoms with Crippen molar-refractivity contribution in [1.82, 2.24) is 19.7 Å². The van der Waals surface area contributed by atoms with Gasteiger partial charge in [0, 0.05) is 11.8 Å². The quantitative estimate of drug-likeness (QED) is 0.398. The summed E-state index contributed by atoms with van der Waals surface area (Å²) in [4.78, 5) is 15.6. The lowest BCUT2D eigenvalue weighted by Crippen LogP contribution is -2.30. The van der Waals surface area contributed by atoms with Gasteiger partial charge in [-0.1, -0.05) is 59.7 Å². The topological polar surface area (TPSA) is 60.7 Å². The van der Waals surface area contributed by atoms with Crippen molar-refractivity contribution in [2.24, 2.45) is 0 Å². The first-order valence-electron chi connectivity index (χ1n) is 10.5. The minimum Gasteiger partial charge on any atom is -0.312 e. The molecule has 0 fully saturated rings. The number of benzene rings is 2. The molecule has 0 radical (unpaired) electrons. The highest BCUT2D eigenvalue weighted by Crippen LogP contribution is 2.29. The Hall–Kier alpha value is -3.74. The van der Waals surface area contributed by atoms with Gasteiger partial charge in [0.25, 0.3) is 0 Å². The molecule has 0 atom stereocenters. The van der Waals surface area contributed by atoms with Gasteiger partial charge in [-0.2, -0.15) is 8.78 Å². The largest absolute Gasteiger partial charge is 0.348 e. The maximum atomic E-state index is 14.3. The highest BCUT2D eigenvalue weighted by Gasteiger charge is 2.41. The molecule has 0 spiro atoms. The Morgan fingerprint density at radius 1 is 0.818 bits per heavy atom. The first-order chi connectivity index (χ1) is 15.7. The van der Waals surface area contributed by atoms with Crippen molar-refractivity contribution >= 4 is 5.78 Å². The average Bonchev–Trinajstić information content (AvgIpc) is 3.31. The minimum atomic E-state index is -3.67. The molecule has 170 valence electrons. The van der Waals surface area contributed by atoms with Crippen LogP contribution in [0.3, 0.4) is 0 Å². The summed E-state index contributed by atoms with van der Waals surface area (Å²) in [5, 5.41) is 6.96. The van der Waals surface area contributed by atoms with Crippen molar-refractivity contribution in [1.29, 1.82) is 0 Å². The maximum Gasteiger partial charge on any atom is 0.348 e. The molecule has 0 amide bonds. The molecule has 0 aliphatic heterocycles. The minimum absolute atomic E-state index is 0.513. The molecule has 5 nitrogen and oxygen atoms in total. The third kappa shape index (κ3) is 6.16. The Bertz CT molecular complexity index is 1200. The Morgan fingerprint density at radius 2 is 1.42 bits per heavy atom. The van der Waals surface area contributed by atoms with Crippen LogP contribution in [-0.2, 0) is 17.3 Å². The first kappa shape index (κ1) is 23.9. The summed E-state index contributed by atoms with van der Waals surface area (Å²) in [6, 6.07) is 16.9. The molecular formula is C26H26F2N4O. The number of halogens is 2. The van der Waals surface area contributed by atoms with Gasteiger partial charge in [-0.3, -0.25) is 9.78 Å². The van der Waals surface area contributed by atoms with Crippen molar-refractivity contribution in [3.63, 3.8) is 0 Å². The van der Waals surface area contributed by atoms with Gasteiger partial charge in [0.05, 0.1) is 6.54 Å². The summed E-state index contributed by atoms with van der Waals surface area (Å²) in [7, 11) is 0. The number of alkyl halides is 2. The van der Waals surface area contributed by atoms with E-state index in [0.717, 1.165) is 11.1 Å². The first-order valence-corrected chi connectivity index (χ1v) is 10.5. The van der Waals surface area contributed by atoms with Gasteiger partial charge in [0.1, 0.15) is 18.3 Å². The number of aryl methyl sites for hydroxylation is 4. The highest BCUT2D eigenvalue weighted by atomic mass is 19.3. The van der Waals surface area contributed by atoms with Crippen molar-refractivity contribution in [2.45, 2.75) is 40.2 Å². The SMILES string of the molecule is Cc1ccc(-c2ccc(C(F)(F)C(=O)Cn3cnnc3)nc2)cc1.Cc1ccc(C)c(C)c1. The summed E-state index contributed by atoms with van der Waals surface area (Å²) >= 11 is 0. The third-order valence-electron chi connectivity index (χ3n) is 5.28. The number of hydrogen-bond donors (Lipinski definition) is 0. The van der Waals surface area contributed by atoms with E-state index in [1.165, 1.54) is 52.2 Å². The molecule has 0 saturated heterocycles. The van der Waals surface area contributed by atoms with Gasteiger partial charge in [-0.25, -0.2) is 0 Å². The van der Waals surface area contributed by atoms with Crippen LogP contribution in [-0.4, -0.2) is 25.5 Å². The van der Waals surface area contributed by atoms with Crippen LogP contribution in [0.2, 0.25) is 0 Å². The number of Topliss-reactive ketones (excluding diaryl/α,β-unsaturated/α-hetero) is 1. The maximum absolute atomic E-state index is 14.3. The zero-order valence-corrected chi connectivity index (χ0v) is 19.1. The molecule has 2 heterocycles. The zero-order chi connectivity index (χ0) is 24.0. The number of rotatable bonds is 5. The van der Waals surface area contributed by atoms with Crippen LogP contribution < -0.4 is 0 Å². The Kier molecular flexibility index (Phi) is 7.43. The predicted octanol–water partition coefficient (Wildman–Crippen LogP) is 5.62. The van der Waals surface area contributed by atoms with E-state index < -0.39 is 23.9 Å². The summed E-state index contributed by atoms with van der Waals surface area (Å²) in [5.41, 5.74) is 6.22. The second kappa shape index (κ2) is 10.3. The molecule has 4 aromatic rings. The number of ketones is 1. The normalized spacial score (nSPS) is 11.0. The van der Waals surface area contributed by atoms with Gasteiger partial charge in [-0.05, 0) is 50.5 Å². The van der Waals surface area contributed by atoms with Crippen LogP contribution in [0, 0.1) is 27.7 Å². The molecule has 0 aliphatic carbocycles. The lowest BCUT2D eigenvalue weighted by atomic mass is 10.0. The van der Waals surface area contributed by atoms with Crippen LogP contribution in [0.5, 0.6) is 0 Å². The molecule has 7 heteroatoms. The Morgan fingerprint density at radius 3 is 1.97 bits per heavy atom. The Balaban J connectivity index is 0.000000286. The second-order valence-electron chi connectivity index (χ2n) is 8.02. The number of carbonyl (C=O) groups excluding carboxylic acids is 1. The summed E-state index contributed by atoms with van der Waals surface area (Å²) in [5.74, 6) is -4.94. The standard InChI is InChI=1S/C17H14F2N4O.C9H12/c1-12-2-4-13(5-3-12)14-6-7-15(20-8-14)17(18,19)16(24)9-23-10-21-22-11-23;1-7-4-5-8(2)9(3)6-7/h2-8,10-11H,9H2,1H3;4-6H,1-3H3. The molecule has 2 aromatic carbocycles. The van der Waals surface area contributed by atoms with Gasteiger partial charge < -0.3 is 4.57 Å². The zero-order valence-electron chi connectivity index (χ0n) is 19.1. The number of pyridine rings is 1. The van der Waals surface area contributed by atoms with E-state index in [1.54, 1.807) is 0 Å². The van der Waals surface area contributed by atoms with Crippen LogP contribution >= 0.6 is 0 Å². The summed E-state index contributed by atoms with van der Waals surface area (Å²) < 4.78 is 29.7. The predicted molar refractivity (Wildman–Crippen MR) is 124 cm³/mol. The van der Waals surface area contributed by atoms with Gasteiger partial charge >= 0.3 is 5.92 Å². The molecule has 0 unspecified atom stereocenters. The van der Waals surface area contributed by atoms with Gasteiger partial charge in [0.15, 0.2) is 0 Å². The second-order valence-corrected chi connectivity index (χ2v) is 8.02. The van der Waals surface area contributed by atoms with Crippen LogP contribution in [0.4, 0.5) is 8.78 Å². The van der Waals surface area contributed by atoms with Crippen molar-refractivity contribution in [3.8, 4) is 11.1 Å². The summed E-state index contributed by atoms with van der Waals surface area (Å²) in [6.07, 6.45) is 3.77. The van der Waals surface area contributed by atoms with Crippen LogP contribution in [0.15, 0.2) is 73.4 Å². The van der Waals surface area contributed by atoms with Crippen LogP contribution in [0.1, 0.15) is 27.9 Å².